The zero-order chi connectivity index (χ0) is 20.6. The van der Waals surface area contributed by atoms with Crippen molar-refractivity contribution in [2.75, 3.05) is 44.3 Å². The van der Waals surface area contributed by atoms with Crippen molar-refractivity contribution in [3.63, 3.8) is 0 Å². The molecule has 0 aromatic heterocycles. The zero-order valence-corrected chi connectivity index (χ0v) is 15.8. The van der Waals surface area contributed by atoms with E-state index in [1.54, 1.807) is 47.4 Å². The summed E-state index contributed by atoms with van der Waals surface area (Å²) in [4.78, 5) is 38.5. The first-order chi connectivity index (χ1) is 14.1. The normalized spacial score (nSPS) is 13.7. The van der Waals surface area contributed by atoms with Crippen LogP contribution in [0, 0.1) is 5.82 Å². The van der Waals surface area contributed by atoms with Crippen LogP contribution in [0.3, 0.4) is 0 Å². The second kappa shape index (κ2) is 9.68. The summed E-state index contributed by atoms with van der Waals surface area (Å²) in [5.74, 6) is -1.05. The summed E-state index contributed by atoms with van der Waals surface area (Å²) in [6.07, 6.45) is 0.630. The Balaban J connectivity index is 1.41. The summed E-state index contributed by atoms with van der Waals surface area (Å²) in [6, 6.07) is 13.0. The van der Waals surface area contributed by atoms with Gasteiger partial charge in [0.2, 0.25) is 0 Å². The van der Waals surface area contributed by atoms with Crippen LogP contribution in [0.5, 0.6) is 5.75 Å². The third-order valence-corrected chi connectivity index (χ3v) is 4.57. The molecule has 7 nitrogen and oxygen atoms in total. The number of hydrogen-bond acceptors (Lipinski definition) is 6. The second-order valence-corrected chi connectivity index (χ2v) is 6.42. The molecule has 1 heterocycles. The molecule has 3 rings (SSSR count). The van der Waals surface area contributed by atoms with E-state index in [0.29, 0.717) is 43.7 Å². The van der Waals surface area contributed by atoms with Crippen LogP contribution in [0.15, 0.2) is 48.5 Å². The SMILES string of the molecule is O=Cc1ccccc1OCC(=O)OCC(=O)N1CCN(c2ccccc2F)CC1. The van der Waals surface area contributed by atoms with Crippen molar-refractivity contribution >= 4 is 23.9 Å². The summed E-state index contributed by atoms with van der Waals surface area (Å²) >= 11 is 0. The predicted octanol–water partition coefficient (Wildman–Crippen LogP) is 1.91. The lowest BCUT2D eigenvalue weighted by atomic mass is 10.2. The smallest absolute Gasteiger partial charge is 0.344 e. The van der Waals surface area contributed by atoms with E-state index in [9.17, 15) is 18.8 Å². The van der Waals surface area contributed by atoms with Crippen LogP contribution in [0.4, 0.5) is 10.1 Å². The molecule has 1 amide bonds. The highest BCUT2D eigenvalue weighted by molar-refractivity contribution is 5.82. The Hall–Kier alpha value is -3.42. The molecular weight excluding hydrogens is 379 g/mol. The van der Waals surface area contributed by atoms with Crippen molar-refractivity contribution in [2.45, 2.75) is 0 Å². The van der Waals surface area contributed by atoms with Crippen LogP contribution in [-0.4, -0.2) is 62.5 Å². The average Bonchev–Trinajstić information content (AvgIpc) is 2.76. The Morgan fingerprint density at radius 1 is 0.966 bits per heavy atom. The van der Waals surface area contributed by atoms with Crippen molar-refractivity contribution in [3.8, 4) is 5.75 Å². The van der Waals surface area contributed by atoms with Gasteiger partial charge < -0.3 is 19.3 Å². The fourth-order valence-corrected chi connectivity index (χ4v) is 3.03. The maximum absolute atomic E-state index is 13.9. The minimum atomic E-state index is -0.705. The van der Waals surface area contributed by atoms with Crippen LogP contribution in [0.2, 0.25) is 0 Å². The van der Waals surface area contributed by atoms with Crippen molar-refractivity contribution in [1.82, 2.24) is 4.90 Å². The number of ether oxygens (including phenoxy) is 2. The lowest BCUT2D eigenvalue weighted by molar-refractivity contribution is -0.153. The number of rotatable bonds is 7. The molecule has 0 aliphatic carbocycles. The van der Waals surface area contributed by atoms with Gasteiger partial charge in [-0.2, -0.15) is 0 Å². The first-order valence-corrected chi connectivity index (χ1v) is 9.18. The Morgan fingerprint density at radius 3 is 2.38 bits per heavy atom. The van der Waals surface area contributed by atoms with Gasteiger partial charge in [0.15, 0.2) is 19.5 Å². The monoisotopic (exact) mass is 400 g/mol. The molecule has 0 spiro atoms. The summed E-state index contributed by atoms with van der Waals surface area (Å²) < 4.78 is 24.1. The lowest BCUT2D eigenvalue weighted by Crippen LogP contribution is -2.50. The number of benzene rings is 2. The number of aldehydes is 1. The summed E-state index contributed by atoms with van der Waals surface area (Å²) in [5, 5.41) is 0. The van der Waals surface area contributed by atoms with Crippen LogP contribution in [0.1, 0.15) is 10.4 Å². The van der Waals surface area contributed by atoms with Gasteiger partial charge >= 0.3 is 5.97 Å². The number of nitrogens with zero attached hydrogens (tertiary/aromatic N) is 2. The minimum absolute atomic E-state index is 0.273. The Morgan fingerprint density at radius 2 is 1.66 bits per heavy atom. The molecule has 2 aromatic rings. The van der Waals surface area contributed by atoms with Crippen molar-refractivity contribution in [1.29, 1.82) is 0 Å². The Kier molecular flexibility index (Phi) is 6.78. The second-order valence-electron chi connectivity index (χ2n) is 6.42. The van der Waals surface area contributed by atoms with E-state index in [0.717, 1.165) is 0 Å². The van der Waals surface area contributed by atoms with Gasteiger partial charge in [-0.15, -0.1) is 0 Å². The number of halogens is 1. The van der Waals surface area contributed by atoms with Crippen molar-refractivity contribution in [2.24, 2.45) is 0 Å². The molecule has 1 saturated heterocycles. The molecule has 0 atom stereocenters. The zero-order valence-electron chi connectivity index (χ0n) is 15.8. The van der Waals surface area contributed by atoms with E-state index in [1.165, 1.54) is 6.07 Å². The van der Waals surface area contributed by atoms with E-state index in [-0.39, 0.29) is 17.5 Å². The topological polar surface area (TPSA) is 76.2 Å². The number of hydrogen-bond donors (Lipinski definition) is 0. The van der Waals surface area contributed by atoms with E-state index < -0.39 is 19.2 Å². The van der Waals surface area contributed by atoms with Gasteiger partial charge in [0.25, 0.3) is 5.91 Å². The van der Waals surface area contributed by atoms with Gasteiger partial charge in [0.1, 0.15) is 11.6 Å². The first kappa shape index (κ1) is 20.3. The highest BCUT2D eigenvalue weighted by Gasteiger charge is 2.23. The average molecular weight is 400 g/mol. The molecule has 1 aliphatic rings. The first-order valence-electron chi connectivity index (χ1n) is 9.18. The number of carbonyl (C=O) groups excluding carboxylic acids is 3. The molecule has 1 aliphatic heterocycles. The molecule has 2 aromatic carbocycles. The number of carbonyl (C=O) groups is 3. The highest BCUT2D eigenvalue weighted by atomic mass is 19.1. The third-order valence-electron chi connectivity index (χ3n) is 4.57. The van der Waals surface area contributed by atoms with E-state index >= 15 is 0 Å². The minimum Gasteiger partial charge on any atom is -0.481 e. The van der Waals surface area contributed by atoms with Gasteiger partial charge in [0, 0.05) is 26.2 Å². The van der Waals surface area contributed by atoms with Gasteiger partial charge in [-0.1, -0.05) is 24.3 Å². The van der Waals surface area contributed by atoms with Crippen molar-refractivity contribution < 1.29 is 28.2 Å². The van der Waals surface area contributed by atoms with Crippen LogP contribution in [0.25, 0.3) is 0 Å². The number of anilines is 1. The van der Waals surface area contributed by atoms with Crippen LogP contribution < -0.4 is 9.64 Å². The van der Waals surface area contributed by atoms with E-state index in [2.05, 4.69) is 0 Å². The molecule has 152 valence electrons. The lowest BCUT2D eigenvalue weighted by Gasteiger charge is -2.36. The largest absolute Gasteiger partial charge is 0.481 e. The molecule has 0 bridgehead atoms. The maximum Gasteiger partial charge on any atom is 0.344 e. The van der Waals surface area contributed by atoms with Gasteiger partial charge in [-0.25, -0.2) is 9.18 Å². The number of para-hydroxylation sites is 2. The van der Waals surface area contributed by atoms with Crippen molar-refractivity contribution in [3.05, 3.63) is 59.9 Å². The van der Waals surface area contributed by atoms with Crippen LogP contribution in [-0.2, 0) is 14.3 Å². The van der Waals surface area contributed by atoms with E-state index in [1.807, 2.05) is 4.90 Å². The highest BCUT2D eigenvalue weighted by Crippen LogP contribution is 2.20. The fourth-order valence-electron chi connectivity index (χ4n) is 3.03. The predicted molar refractivity (Wildman–Crippen MR) is 103 cm³/mol. The third kappa shape index (κ3) is 5.31. The molecule has 0 saturated carbocycles. The number of amides is 1. The maximum atomic E-state index is 13.9. The number of piperazine rings is 1. The molecule has 29 heavy (non-hydrogen) atoms. The summed E-state index contributed by atoms with van der Waals surface area (Å²) in [7, 11) is 0. The summed E-state index contributed by atoms with van der Waals surface area (Å²) in [5.41, 5.74) is 0.836. The molecule has 0 unspecified atom stereocenters. The van der Waals surface area contributed by atoms with E-state index in [4.69, 9.17) is 9.47 Å². The Labute approximate surface area is 167 Å². The molecule has 8 heteroatoms. The number of esters is 1. The van der Waals surface area contributed by atoms with Gasteiger partial charge in [-0.05, 0) is 24.3 Å². The summed E-state index contributed by atoms with van der Waals surface area (Å²) in [6.45, 7) is 1.01. The molecule has 0 N–H and O–H groups in total. The Bertz CT molecular complexity index is 881. The molecule has 1 fully saturated rings. The van der Waals surface area contributed by atoms with Crippen LogP contribution >= 0.6 is 0 Å². The quantitative estimate of drug-likeness (QED) is 0.522. The van der Waals surface area contributed by atoms with Gasteiger partial charge in [-0.3, -0.25) is 9.59 Å². The fraction of sp³-hybridized carbons (Fsp3) is 0.286. The molecule has 0 radical (unpaired) electrons. The van der Waals surface area contributed by atoms with Gasteiger partial charge in [0.05, 0.1) is 11.3 Å². The molecular formula is C21H21FN2O5. The standard InChI is InChI=1S/C21H21FN2O5/c22-17-6-2-3-7-18(17)23-9-11-24(12-10-23)20(26)14-29-21(27)15-28-19-8-4-1-5-16(19)13-25/h1-8,13H,9-12,14-15H2.